The van der Waals surface area contributed by atoms with Gasteiger partial charge in [-0.25, -0.2) is 0 Å². The van der Waals surface area contributed by atoms with Gasteiger partial charge in [0.15, 0.2) is 0 Å². The van der Waals surface area contributed by atoms with Crippen LogP contribution in [0.25, 0.3) is 10.9 Å². The molecule has 5 nitrogen and oxygen atoms in total. The fourth-order valence-electron chi connectivity index (χ4n) is 3.80. The number of methoxy groups -OCH3 is 1. The zero-order chi connectivity index (χ0) is 20.8. The molecule has 1 aromatic carbocycles. The fraction of sp³-hybridized carbons (Fsp3) is 0.565. The van der Waals surface area contributed by atoms with Crippen LogP contribution in [0.5, 0.6) is 5.75 Å². The van der Waals surface area contributed by atoms with Crippen molar-refractivity contribution in [2.75, 3.05) is 18.2 Å². The minimum atomic E-state index is 0.0282. The van der Waals surface area contributed by atoms with E-state index in [9.17, 15) is 4.79 Å². The standard InChI is InChI=1S/C23H32N2O3S/c1-15-10-11-24-23-19(15)12-18(27-4)13-20(23)25-22(26)9-7-5-6-8-21-17(3)28-16(2)14-29-21/h10-13,16-17,21H,5-9,14H2,1-4H3,(H,25,26)/t16?,17-,21+/m0/s1. The van der Waals surface area contributed by atoms with Crippen LogP contribution in [0.1, 0.15) is 51.5 Å². The molecule has 0 aliphatic carbocycles. The summed E-state index contributed by atoms with van der Waals surface area (Å²) >= 11 is 2.03. The number of aromatic nitrogens is 1. The molecule has 1 fully saturated rings. The number of pyridine rings is 1. The van der Waals surface area contributed by atoms with Crippen LogP contribution in [-0.4, -0.2) is 41.2 Å². The number of benzene rings is 1. The largest absolute Gasteiger partial charge is 0.497 e. The molecule has 0 spiro atoms. The number of ether oxygens (including phenoxy) is 2. The van der Waals surface area contributed by atoms with Crippen molar-refractivity contribution in [3.05, 3.63) is 30.0 Å². The van der Waals surface area contributed by atoms with Crippen molar-refractivity contribution in [1.82, 2.24) is 4.98 Å². The van der Waals surface area contributed by atoms with Gasteiger partial charge in [0.2, 0.25) is 5.91 Å². The zero-order valence-corrected chi connectivity index (χ0v) is 18.7. The molecule has 29 heavy (non-hydrogen) atoms. The summed E-state index contributed by atoms with van der Waals surface area (Å²) in [6.07, 6.45) is 7.22. The Morgan fingerprint density at radius 2 is 2.14 bits per heavy atom. The Morgan fingerprint density at radius 1 is 1.31 bits per heavy atom. The average molecular weight is 417 g/mol. The maximum atomic E-state index is 12.5. The van der Waals surface area contributed by atoms with E-state index < -0.39 is 0 Å². The summed E-state index contributed by atoms with van der Waals surface area (Å²) in [6.45, 7) is 6.35. The topological polar surface area (TPSA) is 60.5 Å². The molecule has 2 aromatic rings. The number of hydrogen-bond acceptors (Lipinski definition) is 5. The first-order valence-electron chi connectivity index (χ1n) is 10.5. The number of unbranched alkanes of at least 4 members (excludes halogenated alkanes) is 2. The van der Waals surface area contributed by atoms with E-state index in [2.05, 4.69) is 24.1 Å². The van der Waals surface area contributed by atoms with Crippen LogP contribution in [0.15, 0.2) is 24.4 Å². The van der Waals surface area contributed by atoms with Crippen LogP contribution < -0.4 is 10.1 Å². The molecule has 1 aliphatic rings. The second kappa shape index (κ2) is 10.3. The number of rotatable bonds is 8. The molecule has 1 saturated heterocycles. The number of nitrogens with zero attached hydrogens (tertiary/aromatic N) is 1. The lowest BCUT2D eigenvalue weighted by Gasteiger charge is -2.32. The molecule has 1 aromatic heterocycles. The number of thioether (sulfide) groups is 1. The maximum absolute atomic E-state index is 12.5. The van der Waals surface area contributed by atoms with Crippen LogP contribution in [0.2, 0.25) is 0 Å². The highest BCUT2D eigenvalue weighted by molar-refractivity contribution is 8.00. The number of nitrogens with one attached hydrogen (secondary N) is 1. The van der Waals surface area contributed by atoms with Gasteiger partial charge < -0.3 is 14.8 Å². The van der Waals surface area contributed by atoms with Crippen LogP contribution in [0.3, 0.4) is 0 Å². The van der Waals surface area contributed by atoms with Crippen LogP contribution >= 0.6 is 11.8 Å². The summed E-state index contributed by atoms with van der Waals surface area (Å²) in [4.78, 5) is 16.9. The van der Waals surface area contributed by atoms with Gasteiger partial charge in [-0.3, -0.25) is 9.78 Å². The number of carbonyl (C=O) groups is 1. The SMILES string of the molecule is COc1cc(NC(=O)CCCCC[C@H]2SCC(C)O[C@H]2C)c2nccc(C)c2c1. The molecule has 1 aliphatic heterocycles. The van der Waals surface area contributed by atoms with Gasteiger partial charge in [-0.05, 0) is 51.3 Å². The first kappa shape index (κ1) is 21.9. The van der Waals surface area contributed by atoms with E-state index in [0.29, 0.717) is 29.6 Å². The Morgan fingerprint density at radius 3 is 2.90 bits per heavy atom. The van der Waals surface area contributed by atoms with Gasteiger partial charge in [-0.15, -0.1) is 0 Å². The molecule has 0 radical (unpaired) electrons. The van der Waals surface area contributed by atoms with E-state index >= 15 is 0 Å². The first-order chi connectivity index (χ1) is 14.0. The molecule has 0 saturated carbocycles. The Bertz CT molecular complexity index is 842. The third-order valence-corrected chi connectivity index (χ3v) is 7.16. The molecule has 0 bridgehead atoms. The van der Waals surface area contributed by atoms with Gasteiger partial charge in [0.05, 0.1) is 30.5 Å². The second-order valence-electron chi connectivity index (χ2n) is 7.87. The molecule has 2 heterocycles. The van der Waals surface area contributed by atoms with Crippen molar-refractivity contribution < 1.29 is 14.3 Å². The molecule has 3 atom stereocenters. The summed E-state index contributed by atoms with van der Waals surface area (Å²) in [5, 5.41) is 4.61. The van der Waals surface area contributed by atoms with Gasteiger partial charge >= 0.3 is 0 Å². The normalized spacial score (nSPS) is 21.9. The molecule has 3 rings (SSSR count). The smallest absolute Gasteiger partial charge is 0.224 e. The molecule has 1 amide bonds. The number of amides is 1. The summed E-state index contributed by atoms with van der Waals surface area (Å²) in [7, 11) is 1.63. The number of aryl methyl sites for hydroxylation is 1. The highest BCUT2D eigenvalue weighted by atomic mass is 32.2. The van der Waals surface area contributed by atoms with Crippen molar-refractivity contribution in [3.63, 3.8) is 0 Å². The second-order valence-corrected chi connectivity index (χ2v) is 9.14. The lowest BCUT2D eigenvalue weighted by molar-refractivity contribution is -0.116. The number of hydrogen-bond donors (Lipinski definition) is 1. The highest BCUT2D eigenvalue weighted by Crippen LogP contribution is 2.31. The fourth-order valence-corrected chi connectivity index (χ4v) is 5.07. The molecule has 6 heteroatoms. The highest BCUT2D eigenvalue weighted by Gasteiger charge is 2.25. The van der Waals surface area contributed by atoms with Gasteiger partial charge in [0, 0.05) is 35.1 Å². The number of anilines is 1. The van der Waals surface area contributed by atoms with Crippen LogP contribution in [0, 0.1) is 6.92 Å². The molecular weight excluding hydrogens is 384 g/mol. The Balaban J connectivity index is 1.48. The Kier molecular flexibility index (Phi) is 7.78. The molecular formula is C23H32N2O3S. The van der Waals surface area contributed by atoms with E-state index in [1.165, 1.54) is 0 Å². The summed E-state index contributed by atoms with van der Waals surface area (Å²) in [5.74, 6) is 1.83. The Labute approximate surface area is 177 Å². The van der Waals surface area contributed by atoms with E-state index in [4.69, 9.17) is 9.47 Å². The Hall–Kier alpha value is -1.79. The van der Waals surface area contributed by atoms with Crippen molar-refractivity contribution in [3.8, 4) is 5.75 Å². The van der Waals surface area contributed by atoms with E-state index in [1.54, 1.807) is 13.3 Å². The first-order valence-corrected chi connectivity index (χ1v) is 11.5. The van der Waals surface area contributed by atoms with Crippen molar-refractivity contribution >= 4 is 34.3 Å². The summed E-state index contributed by atoms with van der Waals surface area (Å²) in [5.41, 5.74) is 2.63. The van der Waals surface area contributed by atoms with E-state index in [-0.39, 0.29) is 5.91 Å². The minimum absolute atomic E-state index is 0.0282. The number of carbonyl (C=O) groups excluding carboxylic acids is 1. The summed E-state index contributed by atoms with van der Waals surface area (Å²) in [6, 6.07) is 5.77. The van der Waals surface area contributed by atoms with E-state index in [1.807, 2.05) is 36.9 Å². The average Bonchev–Trinajstić information content (AvgIpc) is 2.69. The van der Waals surface area contributed by atoms with Gasteiger partial charge in [-0.1, -0.05) is 12.8 Å². The zero-order valence-electron chi connectivity index (χ0n) is 17.9. The van der Waals surface area contributed by atoms with E-state index in [0.717, 1.165) is 53.7 Å². The van der Waals surface area contributed by atoms with Crippen LogP contribution in [-0.2, 0) is 9.53 Å². The lowest BCUT2D eigenvalue weighted by Crippen LogP contribution is -2.34. The third kappa shape index (κ3) is 5.86. The van der Waals surface area contributed by atoms with Crippen molar-refractivity contribution in [2.45, 2.75) is 70.3 Å². The molecule has 1 N–H and O–H groups in total. The minimum Gasteiger partial charge on any atom is -0.497 e. The van der Waals surface area contributed by atoms with Crippen molar-refractivity contribution in [2.24, 2.45) is 0 Å². The lowest BCUT2D eigenvalue weighted by atomic mass is 10.1. The predicted molar refractivity (Wildman–Crippen MR) is 121 cm³/mol. The monoisotopic (exact) mass is 416 g/mol. The maximum Gasteiger partial charge on any atom is 0.224 e. The summed E-state index contributed by atoms with van der Waals surface area (Å²) < 4.78 is 11.3. The van der Waals surface area contributed by atoms with Gasteiger partial charge in [0.25, 0.3) is 0 Å². The third-order valence-electron chi connectivity index (χ3n) is 5.45. The quantitative estimate of drug-likeness (QED) is 0.588. The van der Waals surface area contributed by atoms with Gasteiger partial charge in [0.1, 0.15) is 5.75 Å². The van der Waals surface area contributed by atoms with Gasteiger partial charge in [-0.2, -0.15) is 11.8 Å². The van der Waals surface area contributed by atoms with Crippen LogP contribution in [0.4, 0.5) is 5.69 Å². The van der Waals surface area contributed by atoms with Crippen molar-refractivity contribution in [1.29, 1.82) is 0 Å². The molecule has 1 unspecified atom stereocenters. The molecule has 158 valence electrons. The number of fused-ring (bicyclic) bond motifs is 1. The predicted octanol–water partition coefficient (Wildman–Crippen LogP) is 5.35.